The summed E-state index contributed by atoms with van der Waals surface area (Å²) in [6.07, 6.45) is 4.27. The second-order valence-electron chi connectivity index (χ2n) is 4.13. The van der Waals surface area contributed by atoms with Crippen LogP contribution in [0.1, 0.15) is 39.5 Å². The first kappa shape index (κ1) is 11.8. The molecule has 15 heavy (non-hydrogen) atoms. The number of carbonyl (C=O) groups excluding carboxylic acids is 1. The van der Waals surface area contributed by atoms with Gasteiger partial charge in [-0.05, 0) is 33.1 Å². The number of allylic oxidation sites excluding steroid dienone is 1. The molecule has 1 saturated carbocycles. The number of carboxylic acid groups (broad SMARTS) is 1. The van der Waals surface area contributed by atoms with Gasteiger partial charge >= 0.3 is 5.97 Å². The van der Waals surface area contributed by atoms with Gasteiger partial charge < -0.3 is 10.4 Å². The summed E-state index contributed by atoms with van der Waals surface area (Å²) in [5, 5.41) is 11.6. The molecule has 0 heterocycles. The number of rotatable bonds is 4. The molecule has 1 fully saturated rings. The zero-order valence-corrected chi connectivity index (χ0v) is 9.17. The van der Waals surface area contributed by atoms with Crippen LogP contribution in [0.25, 0.3) is 0 Å². The van der Waals surface area contributed by atoms with E-state index in [4.69, 9.17) is 5.11 Å². The predicted molar refractivity (Wildman–Crippen MR) is 56.4 cm³/mol. The van der Waals surface area contributed by atoms with Gasteiger partial charge in [-0.2, -0.15) is 0 Å². The lowest BCUT2D eigenvalue weighted by atomic mass is 9.74. The van der Waals surface area contributed by atoms with E-state index in [1.165, 1.54) is 0 Å². The van der Waals surface area contributed by atoms with E-state index in [0.29, 0.717) is 5.57 Å². The third-order valence-electron chi connectivity index (χ3n) is 2.97. The van der Waals surface area contributed by atoms with E-state index in [1.807, 2.05) is 0 Å². The van der Waals surface area contributed by atoms with Crippen molar-refractivity contribution in [2.45, 2.75) is 45.1 Å². The molecule has 1 amide bonds. The normalized spacial score (nSPS) is 19.2. The van der Waals surface area contributed by atoms with Crippen molar-refractivity contribution in [3.63, 3.8) is 0 Å². The van der Waals surface area contributed by atoms with Gasteiger partial charge in [0, 0.05) is 5.57 Å². The Labute approximate surface area is 89.4 Å². The summed E-state index contributed by atoms with van der Waals surface area (Å²) in [7, 11) is 0. The van der Waals surface area contributed by atoms with E-state index >= 15 is 0 Å². The van der Waals surface area contributed by atoms with Gasteiger partial charge in [0.15, 0.2) is 0 Å². The monoisotopic (exact) mass is 211 g/mol. The Balaban J connectivity index is 2.61. The maximum atomic E-state index is 11.6. The SMILES string of the molecule is C/C=C(/C)C(=O)NC1(CC(=O)O)CCC1. The first-order valence-corrected chi connectivity index (χ1v) is 5.16. The number of amides is 1. The average molecular weight is 211 g/mol. The van der Waals surface area contributed by atoms with Crippen molar-refractivity contribution in [3.05, 3.63) is 11.6 Å². The minimum Gasteiger partial charge on any atom is -0.481 e. The van der Waals surface area contributed by atoms with Crippen LogP contribution in [0.15, 0.2) is 11.6 Å². The zero-order chi connectivity index (χ0) is 11.5. The Morgan fingerprint density at radius 3 is 2.40 bits per heavy atom. The lowest BCUT2D eigenvalue weighted by Gasteiger charge is -2.41. The summed E-state index contributed by atoms with van der Waals surface area (Å²) < 4.78 is 0. The van der Waals surface area contributed by atoms with Crippen molar-refractivity contribution in [2.24, 2.45) is 0 Å². The Kier molecular flexibility index (Phi) is 3.50. The van der Waals surface area contributed by atoms with Crippen molar-refractivity contribution < 1.29 is 14.7 Å². The van der Waals surface area contributed by atoms with Crippen LogP contribution in [0, 0.1) is 0 Å². The number of carboxylic acids is 1. The lowest BCUT2D eigenvalue weighted by Crippen LogP contribution is -2.54. The Bertz CT molecular complexity index is 303. The van der Waals surface area contributed by atoms with Gasteiger partial charge in [0.25, 0.3) is 0 Å². The molecule has 0 saturated heterocycles. The molecule has 0 unspecified atom stereocenters. The topological polar surface area (TPSA) is 66.4 Å². The Hall–Kier alpha value is -1.32. The minimum atomic E-state index is -0.854. The number of aliphatic carboxylic acids is 1. The molecule has 0 aromatic heterocycles. The first-order valence-electron chi connectivity index (χ1n) is 5.16. The minimum absolute atomic E-state index is 0.0235. The zero-order valence-electron chi connectivity index (χ0n) is 9.17. The molecule has 1 rings (SSSR count). The smallest absolute Gasteiger partial charge is 0.305 e. The fourth-order valence-corrected chi connectivity index (χ4v) is 1.71. The number of nitrogens with one attached hydrogen (secondary N) is 1. The largest absolute Gasteiger partial charge is 0.481 e. The Morgan fingerprint density at radius 2 is 2.07 bits per heavy atom. The van der Waals surface area contributed by atoms with Gasteiger partial charge in [-0.1, -0.05) is 6.08 Å². The molecule has 0 aliphatic heterocycles. The summed E-state index contributed by atoms with van der Waals surface area (Å²) in [6.45, 7) is 3.52. The molecular weight excluding hydrogens is 194 g/mol. The molecule has 0 aromatic rings. The Morgan fingerprint density at radius 1 is 1.47 bits per heavy atom. The maximum Gasteiger partial charge on any atom is 0.305 e. The van der Waals surface area contributed by atoms with Crippen molar-refractivity contribution in [3.8, 4) is 0 Å². The standard InChI is InChI=1S/C11H17NO3/c1-3-8(2)10(15)12-11(5-4-6-11)7-9(13)14/h3H,4-7H2,1-2H3,(H,12,15)(H,13,14)/b8-3-. The van der Waals surface area contributed by atoms with E-state index in [9.17, 15) is 9.59 Å². The van der Waals surface area contributed by atoms with Crippen LogP contribution in [-0.2, 0) is 9.59 Å². The third kappa shape index (κ3) is 2.81. The highest BCUT2D eigenvalue weighted by Gasteiger charge is 2.40. The summed E-state index contributed by atoms with van der Waals surface area (Å²) in [4.78, 5) is 22.3. The average Bonchev–Trinajstić information content (AvgIpc) is 2.12. The summed E-state index contributed by atoms with van der Waals surface area (Å²) in [5.74, 6) is -1.01. The highest BCUT2D eigenvalue weighted by Crippen LogP contribution is 2.35. The predicted octanol–water partition coefficient (Wildman–Crippen LogP) is 1.47. The highest BCUT2D eigenvalue weighted by atomic mass is 16.4. The van der Waals surface area contributed by atoms with E-state index < -0.39 is 11.5 Å². The van der Waals surface area contributed by atoms with E-state index in [0.717, 1.165) is 19.3 Å². The van der Waals surface area contributed by atoms with Gasteiger partial charge in [-0.15, -0.1) is 0 Å². The molecule has 0 spiro atoms. The van der Waals surface area contributed by atoms with Crippen LogP contribution in [0.4, 0.5) is 0 Å². The van der Waals surface area contributed by atoms with Gasteiger partial charge in [-0.3, -0.25) is 9.59 Å². The molecular formula is C11H17NO3. The number of hydrogen-bond donors (Lipinski definition) is 2. The molecule has 4 nitrogen and oxygen atoms in total. The van der Waals surface area contributed by atoms with Crippen LogP contribution in [0.3, 0.4) is 0 Å². The fraction of sp³-hybridized carbons (Fsp3) is 0.636. The summed E-state index contributed by atoms with van der Waals surface area (Å²) in [6, 6.07) is 0. The lowest BCUT2D eigenvalue weighted by molar-refractivity contribution is -0.140. The number of hydrogen-bond acceptors (Lipinski definition) is 2. The van der Waals surface area contributed by atoms with E-state index in [-0.39, 0.29) is 12.3 Å². The quantitative estimate of drug-likeness (QED) is 0.692. The van der Waals surface area contributed by atoms with Crippen LogP contribution in [0.5, 0.6) is 0 Å². The molecule has 4 heteroatoms. The van der Waals surface area contributed by atoms with Crippen molar-refractivity contribution >= 4 is 11.9 Å². The molecule has 1 aliphatic carbocycles. The van der Waals surface area contributed by atoms with Crippen molar-refractivity contribution in [2.75, 3.05) is 0 Å². The maximum absolute atomic E-state index is 11.6. The van der Waals surface area contributed by atoms with Gasteiger partial charge in [-0.25, -0.2) is 0 Å². The molecule has 84 valence electrons. The van der Waals surface area contributed by atoms with E-state index in [2.05, 4.69) is 5.32 Å². The fourth-order valence-electron chi connectivity index (χ4n) is 1.71. The molecule has 0 bridgehead atoms. The molecule has 0 radical (unpaired) electrons. The van der Waals surface area contributed by atoms with Crippen LogP contribution >= 0.6 is 0 Å². The van der Waals surface area contributed by atoms with Gasteiger partial charge in [0.05, 0.1) is 12.0 Å². The number of carbonyl (C=O) groups is 2. The molecule has 2 N–H and O–H groups in total. The van der Waals surface area contributed by atoms with Gasteiger partial charge in [0.1, 0.15) is 0 Å². The third-order valence-corrected chi connectivity index (χ3v) is 2.97. The van der Waals surface area contributed by atoms with Crippen molar-refractivity contribution in [1.29, 1.82) is 0 Å². The van der Waals surface area contributed by atoms with Crippen molar-refractivity contribution in [1.82, 2.24) is 5.32 Å². The second kappa shape index (κ2) is 4.47. The second-order valence-corrected chi connectivity index (χ2v) is 4.13. The summed E-state index contributed by atoms with van der Waals surface area (Å²) >= 11 is 0. The first-order chi connectivity index (χ1) is 6.99. The van der Waals surface area contributed by atoms with Crippen LogP contribution in [-0.4, -0.2) is 22.5 Å². The van der Waals surface area contributed by atoms with E-state index in [1.54, 1.807) is 19.9 Å². The van der Waals surface area contributed by atoms with Gasteiger partial charge in [0.2, 0.25) is 5.91 Å². The summed E-state index contributed by atoms with van der Waals surface area (Å²) in [5.41, 5.74) is 0.138. The highest BCUT2D eigenvalue weighted by molar-refractivity contribution is 5.93. The molecule has 0 atom stereocenters. The van der Waals surface area contributed by atoms with Crippen LogP contribution in [0.2, 0.25) is 0 Å². The van der Waals surface area contributed by atoms with Crippen LogP contribution < -0.4 is 5.32 Å². The molecule has 1 aliphatic rings. The molecule has 0 aromatic carbocycles.